The van der Waals surface area contributed by atoms with Gasteiger partial charge in [0.05, 0.1) is 4.99 Å². The van der Waals surface area contributed by atoms with Gasteiger partial charge in [-0.25, -0.2) is 0 Å². The summed E-state index contributed by atoms with van der Waals surface area (Å²) in [6.07, 6.45) is 2.84. The van der Waals surface area contributed by atoms with E-state index in [-0.39, 0.29) is 11.8 Å². The van der Waals surface area contributed by atoms with Gasteiger partial charge in [-0.3, -0.25) is 4.79 Å². The second-order valence-electron chi connectivity index (χ2n) is 5.00. The van der Waals surface area contributed by atoms with Crippen LogP contribution in [0.5, 0.6) is 0 Å². The van der Waals surface area contributed by atoms with Crippen LogP contribution in [0.25, 0.3) is 0 Å². The summed E-state index contributed by atoms with van der Waals surface area (Å²) < 4.78 is 0. The van der Waals surface area contributed by atoms with Crippen molar-refractivity contribution in [1.82, 2.24) is 4.90 Å². The van der Waals surface area contributed by atoms with Crippen LogP contribution in [0.3, 0.4) is 0 Å². The predicted molar refractivity (Wildman–Crippen MR) is 81.2 cm³/mol. The van der Waals surface area contributed by atoms with Crippen LogP contribution in [0.2, 0.25) is 0 Å². The first-order chi connectivity index (χ1) is 9.13. The smallest absolute Gasteiger partial charge is 0.254 e. The van der Waals surface area contributed by atoms with Crippen LogP contribution in [0.15, 0.2) is 24.3 Å². The molecule has 2 N–H and O–H groups in total. The third kappa shape index (κ3) is 3.13. The molecule has 1 aromatic rings. The van der Waals surface area contributed by atoms with Crippen molar-refractivity contribution in [3.05, 3.63) is 35.4 Å². The van der Waals surface area contributed by atoms with E-state index < -0.39 is 0 Å². The summed E-state index contributed by atoms with van der Waals surface area (Å²) in [4.78, 5) is 15.0. The van der Waals surface area contributed by atoms with Crippen molar-refractivity contribution in [2.24, 2.45) is 11.7 Å². The highest BCUT2D eigenvalue weighted by atomic mass is 32.1. The minimum atomic E-state index is 0.110. The lowest BCUT2D eigenvalue weighted by atomic mass is 9.96. The zero-order chi connectivity index (χ0) is 13.8. The normalized spacial score (nSPS) is 19.2. The molecule has 0 bridgehead atoms. The first-order valence-corrected chi connectivity index (χ1v) is 7.20. The summed E-state index contributed by atoms with van der Waals surface area (Å²) in [5, 5.41) is 0. The molecule has 1 saturated heterocycles. The van der Waals surface area contributed by atoms with Gasteiger partial charge in [0.15, 0.2) is 0 Å². The molecule has 0 aliphatic carbocycles. The lowest BCUT2D eigenvalue weighted by molar-refractivity contribution is 0.0702. The van der Waals surface area contributed by atoms with Crippen molar-refractivity contribution < 1.29 is 4.79 Å². The Balaban J connectivity index is 2.17. The fraction of sp³-hybridized carbons (Fsp3) is 0.467. The van der Waals surface area contributed by atoms with Gasteiger partial charge in [0.2, 0.25) is 0 Å². The van der Waals surface area contributed by atoms with Crippen LogP contribution in [-0.2, 0) is 6.42 Å². The van der Waals surface area contributed by atoms with Gasteiger partial charge in [0.1, 0.15) is 0 Å². The number of likely N-dealkylation sites (tertiary alicyclic amines) is 1. The number of aryl methyl sites for hydroxylation is 1. The van der Waals surface area contributed by atoms with Gasteiger partial charge in [0.25, 0.3) is 5.91 Å². The minimum Gasteiger partial charge on any atom is -0.393 e. The van der Waals surface area contributed by atoms with Crippen LogP contribution < -0.4 is 5.73 Å². The highest BCUT2D eigenvalue weighted by Crippen LogP contribution is 2.20. The fourth-order valence-corrected chi connectivity index (χ4v) is 2.79. The largest absolute Gasteiger partial charge is 0.393 e. The van der Waals surface area contributed by atoms with Crippen LogP contribution in [0.1, 0.15) is 35.7 Å². The summed E-state index contributed by atoms with van der Waals surface area (Å²) in [6, 6.07) is 7.82. The maximum Gasteiger partial charge on any atom is 0.254 e. The van der Waals surface area contributed by atoms with E-state index in [1.165, 1.54) is 0 Å². The molecule has 1 heterocycles. The standard InChI is InChI=1S/C15H20N2OS/c1-2-11-6-3-4-8-13(11)15(18)17-9-5-7-12(10-17)14(16)19/h3-4,6,8,12H,2,5,7,9-10H2,1H3,(H2,16,19). The number of nitrogens with two attached hydrogens (primary N) is 1. The van der Waals surface area contributed by atoms with Crippen LogP contribution >= 0.6 is 12.2 Å². The van der Waals surface area contributed by atoms with Crippen LogP contribution in [0, 0.1) is 5.92 Å². The lowest BCUT2D eigenvalue weighted by Gasteiger charge is -2.32. The molecular formula is C15H20N2OS. The van der Waals surface area contributed by atoms with Crippen molar-refractivity contribution in [3.63, 3.8) is 0 Å². The quantitative estimate of drug-likeness (QED) is 0.862. The number of amides is 1. The monoisotopic (exact) mass is 276 g/mol. The molecule has 1 unspecified atom stereocenters. The number of nitrogens with zero attached hydrogens (tertiary/aromatic N) is 1. The zero-order valence-electron chi connectivity index (χ0n) is 11.3. The van der Waals surface area contributed by atoms with Gasteiger partial charge in [-0.2, -0.15) is 0 Å². The van der Waals surface area contributed by atoms with Crippen molar-refractivity contribution in [1.29, 1.82) is 0 Å². The average molecular weight is 276 g/mol. The second-order valence-corrected chi connectivity index (χ2v) is 5.47. The molecule has 1 aliphatic rings. The number of carbonyl (C=O) groups excluding carboxylic acids is 1. The van der Waals surface area contributed by atoms with Crippen molar-refractivity contribution in [3.8, 4) is 0 Å². The summed E-state index contributed by atoms with van der Waals surface area (Å²) in [7, 11) is 0. The van der Waals surface area contributed by atoms with Gasteiger partial charge in [0, 0.05) is 24.6 Å². The molecule has 1 amide bonds. The lowest BCUT2D eigenvalue weighted by Crippen LogP contribution is -2.43. The molecule has 2 rings (SSSR count). The van der Waals surface area contributed by atoms with E-state index in [1.807, 2.05) is 29.2 Å². The molecule has 1 aromatic carbocycles. The summed E-state index contributed by atoms with van der Waals surface area (Å²) in [6.45, 7) is 3.53. The van der Waals surface area contributed by atoms with Gasteiger partial charge < -0.3 is 10.6 Å². The molecule has 1 atom stereocenters. The summed E-state index contributed by atoms with van der Waals surface area (Å²) in [5.41, 5.74) is 7.63. The highest BCUT2D eigenvalue weighted by molar-refractivity contribution is 7.80. The Labute approximate surface area is 119 Å². The number of thiocarbonyl (C=S) groups is 1. The van der Waals surface area contributed by atoms with E-state index in [9.17, 15) is 4.79 Å². The Morgan fingerprint density at radius 2 is 2.21 bits per heavy atom. The molecule has 1 aliphatic heterocycles. The summed E-state index contributed by atoms with van der Waals surface area (Å²) >= 11 is 5.06. The van der Waals surface area contributed by atoms with Crippen molar-refractivity contribution in [2.75, 3.05) is 13.1 Å². The van der Waals surface area contributed by atoms with Gasteiger partial charge in [-0.15, -0.1) is 0 Å². The molecule has 102 valence electrons. The third-order valence-electron chi connectivity index (χ3n) is 3.74. The van der Waals surface area contributed by atoms with Gasteiger partial charge >= 0.3 is 0 Å². The van der Waals surface area contributed by atoms with E-state index in [0.717, 1.165) is 36.9 Å². The predicted octanol–water partition coefficient (Wildman–Crippen LogP) is 2.39. The van der Waals surface area contributed by atoms with E-state index in [4.69, 9.17) is 18.0 Å². The van der Waals surface area contributed by atoms with Gasteiger partial charge in [-0.05, 0) is 30.9 Å². The molecule has 4 heteroatoms. The zero-order valence-corrected chi connectivity index (χ0v) is 12.1. The molecule has 19 heavy (non-hydrogen) atoms. The number of rotatable bonds is 3. The Morgan fingerprint density at radius 3 is 2.89 bits per heavy atom. The molecule has 0 aromatic heterocycles. The van der Waals surface area contributed by atoms with E-state index in [0.29, 0.717) is 11.5 Å². The fourth-order valence-electron chi connectivity index (χ4n) is 2.60. The maximum absolute atomic E-state index is 12.6. The van der Waals surface area contributed by atoms with Crippen LogP contribution in [0.4, 0.5) is 0 Å². The molecule has 0 radical (unpaired) electrons. The molecule has 3 nitrogen and oxygen atoms in total. The Kier molecular flexibility index (Phi) is 4.53. The number of piperidine rings is 1. The van der Waals surface area contributed by atoms with Gasteiger partial charge in [-0.1, -0.05) is 37.3 Å². The highest BCUT2D eigenvalue weighted by Gasteiger charge is 2.26. The number of benzene rings is 1. The third-order valence-corrected chi connectivity index (χ3v) is 4.07. The Hall–Kier alpha value is -1.42. The van der Waals surface area contributed by atoms with Crippen molar-refractivity contribution in [2.45, 2.75) is 26.2 Å². The second kappa shape index (κ2) is 6.15. The van der Waals surface area contributed by atoms with E-state index >= 15 is 0 Å². The average Bonchev–Trinajstić information content (AvgIpc) is 2.46. The van der Waals surface area contributed by atoms with Crippen LogP contribution in [-0.4, -0.2) is 28.9 Å². The first-order valence-electron chi connectivity index (χ1n) is 6.80. The van der Waals surface area contributed by atoms with E-state index in [1.54, 1.807) is 0 Å². The molecular weight excluding hydrogens is 256 g/mol. The molecule has 0 saturated carbocycles. The van der Waals surface area contributed by atoms with E-state index in [2.05, 4.69) is 6.92 Å². The molecule has 0 spiro atoms. The Morgan fingerprint density at radius 1 is 1.47 bits per heavy atom. The maximum atomic E-state index is 12.6. The summed E-state index contributed by atoms with van der Waals surface area (Å²) in [5.74, 6) is 0.278. The SMILES string of the molecule is CCc1ccccc1C(=O)N1CCCC(C(N)=S)C1. The minimum absolute atomic E-state index is 0.110. The molecule has 1 fully saturated rings. The number of hydrogen-bond acceptors (Lipinski definition) is 2. The van der Waals surface area contributed by atoms with Crippen molar-refractivity contribution >= 4 is 23.1 Å². The topological polar surface area (TPSA) is 46.3 Å². The first kappa shape index (κ1) is 14.0. The number of hydrogen-bond donors (Lipinski definition) is 1. The Bertz CT molecular complexity index is 487. The number of carbonyl (C=O) groups is 1.